The Kier molecular flexibility index (Phi) is 3.14. The van der Waals surface area contributed by atoms with Crippen molar-refractivity contribution in [3.05, 3.63) is 29.3 Å². The maximum absolute atomic E-state index is 4.90. The molecule has 0 radical (unpaired) electrons. The van der Waals surface area contributed by atoms with Crippen LogP contribution in [0.3, 0.4) is 0 Å². The van der Waals surface area contributed by atoms with E-state index in [4.69, 9.17) is 4.98 Å². The lowest BCUT2D eigenvalue weighted by Gasteiger charge is -2.40. The largest absolute Gasteiger partial charge is 0.241 e. The summed E-state index contributed by atoms with van der Waals surface area (Å²) in [5.74, 6) is 0.803. The average Bonchev–Trinajstić information content (AvgIpc) is 2.70. The number of hydrogen-bond acceptors (Lipinski definition) is 2. The van der Waals surface area contributed by atoms with Gasteiger partial charge >= 0.3 is 0 Å². The minimum absolute atomic E-state index is 0.425. The van der Waals surface area contributed by atoms with E-state index in [2.05, 4.69) is 38.1 Å². The Labute approximate surface area is 113 Å². The van der Waals surface area contributed by atoms with Gasteiger partial charge in [0.2, 0.25) is 0 Å². The first kappa shape index (κ1) is 12.2. The minimum atomic E-state index is 0.425. The maximum atomic E-state index is 4.90. The van der Waals surface area contributed by atoms with Crippen molar-refractivity contribution in [1.29, 1.82) is 0 Å². The van der Waals surface area contributed by atoms with Gasteiger partial charge in [-0.1, -0.05) is 38.8 Å². The van der Waals surface area contributed by atoms with Gasteiger partial charge in [-0.05, 0) is 37.3 Å². The van der Waals surface area contributed by atoms with Crippen molar-refractivity contribution in [3.63, 3.8) is 0 Å². The molecule has 0 atom stereocenters. The number of para-hydroxylation sites is 1. The second kappa shape index (κ2) is 4.65. The van der Waals surface area contributed by atoms with Gasteiger partial charge in [0, 0.05) is 5.41 Å². The van der Waals surface area contributed by atoms with E-state index in [0.717, 1.165) is 5.92 Å². The number of nitrogens with zero attached hydrogens (tertiary/aromatic N) is 1. The standard InChI is InChI=1S/C16H21NS/c1-12(2)8-11-16(9-5-10-16)15-17-13-6-3-4-7-14(13)18-15/h3-4,6-7,12H,5,8-11H2,1-2H3. The minimum Gasteiger partial charge on any atom is -0.241 e. The summed E-state index contributed by atoms with van der Waals surface area (Å²) in [5.41, 5.74) is 1.61. The van der Waals surface area contributed by atoms with Crippen LogP contribution in [0.1, 0.15) is 51.0 Å². The van der Waals surface area contributed by atoms with Crippen LogP contribution >= 0.6 is 11.3 Å². The van der Waals surface area contributed by atoms with E-state index in [1.165, 1.54) is 47.3 Å². The zero-order valence-electron chi connectivity index (χ0n) is 11.3. The van der Waals surface area contributed by atoms with Crippen molar-refractivity contribution in [2.45, 2.75) is 51.4 Å². The zero-order chi connectivity index (χ0) is 12.6. The van der Waals surface area contributed by atoms with Gasteiger partial charge in [0.05, 0.1) is 15.2 Å². The normalized spacial score (nSPS) is 18.2. The lowest BCUT2D eigenvalue weighted by atomic mass is 9.66. The first-order valence-corrected chi connectivity index (χ1v) is 7.87. The summed E-state index contributed by atoms with van der Waals surface area (Å²) in [6.45, 7) is 4.65. The summed E-state index contributed by atoms with van der Waals surface area (Å²) in [6, 6.07) is 8.55. The number of fused-ring (bicyclic) bond motifs is 1. The van der Waals surface area contributed by atoms with E-state index < -0.39 is 0 Å². The van der Waals surface area contributed by atoms with Crippen molar-refractivity contribution in [2.24, 2.45) is 5.92 Å². The Morgan fingerprint density at radius 1 is 1.28 bits per heavy atom. The van der Waals surface area contributed by atoms with Crippen molar-refractivity contribution in [3.8, 4) is 0 Å². The lowest BCUT2D eigenvalue weighted by Crippen LogP contribution is -2.34. The van der Waals surface area contributed by atoms with Crippen LogP contribution in [0.2, 0.25) is 0 Å². The third-order valence-electron chi connectivity index (χ3n) is 4.26. The van der Waals surface area contributed by atoms with Crippen LogP contribution in [0.25, 0.3) is 10.2 Å². The van der Waals surface area contributed by atoms with Gasteiger partial charge in [0.1, 0.15) is 0 Å². The summed E-state index contributed by atoms with van der Waals surface area (Å²) in [4.78, 5) is 4.90. The van der Waals surface area contributed by atoms with Crippen LogP contribution in [0.15, 0.2) is 24.3 Å². The fraction of sp³-hybridized carbons (Fsp3) is 0.562. The average molecular weight is 259 g/mol. The maximum Gasteiger partial charge on any atom is 0.1000 e. The summed E-state index contributed by atoms with van der Waals surface area (Å²) < 4.78 is 1.35. The van der Waals surface area contributed by atoms with Crippen molar-refractivity contribution in [2.75, 3.05) is 0 Å². The van der Waals surface area contributed by atoms with Gasteiger partial charge in [-0.15, -0.1) is 11.3 Å². The molecule has 0 spiro atoms. The molecular formula is C16H21NS. The van der Waals surface area contributed by atoms with E-state index in [-0.39, 0.29) is 0 Å². The molecule has 1 aliphatic rings. The van der Waals surface area contributed by atoms with Crippen LogP contribution in [0, 0.1) is 5.92 Å². The molecular weight excluding hydrogens is 238 g/mol. The Bertz CT molecular complexity index is 504. The van der Waals surface area contributed by atoms with Crippen LogP contribution in [-0.2, 0) is 5.41 Å². The predicted molar refractivity (Wildman–Crippen MR) is 79.2 cm³/mol. The molecule has 0 saturated heterocycles. The van der Waals surface area contributed by atoms with E-state index in [0.29, 0.717) is 5.41 Å². The molecule has 18 heavy (non-hydrogen) atoms. The molecule has 3 rings (SSSR count). The molecule has 2 aromatic rings. The van der Waals surface area contributed by atoms with Crippen molar-refractivity contribution < 1.29 is 0 Å². The Hall–Kier alpha value is -0.890. The number of aromatic nitrogens is 1. The Morgan fingerprint density at radius 3 is 2.67 bits per heavy atom. The van der Waals surface area contributed by atoms with Gasteiger partial charge in [0.15, 0.2) is 0 Å². The van der Waals surface area contributed by atoms with Crippen LogP contribution in [-0.4, -0.2) is 4.98 Å². The van der Waals surface area contributed by atoms with Gasteiger partial charge in [-0.25, -0.2) is 4.98 Å². The first-order valence-electron chi connectivity index (χ1n) is 7.06. The number of hydrogen-bond donors (Lipinski definition) is 0. The molecule has 1 aromatic heterocycles. The van der Waals surface area contributed by atoms with Gasteiger partial charge in [-0.2, -0.15) is 0 Å². The number of thiazole rings is 1. The SMILES string of the molecule is CC(C)CCC1(c2nc3ccccc3s2)CCC1. The monoisotopic (exact) mass is 259 g/mol. The highest BCUT2D eigenvalue weighted by Crippen LogP contribution is 2.49. The molecule has 1 fully saturated rings. The number of rotatable bonds is 4. The van der Waals surface area contributed by atoms with E-state index in [1.54, 1.807) is 0 Å². The molecule has 96 valence electrons. The highest BCUT2D eigenvalue weighted by Gasteiger charge is 2.40. The molecule has 0 N–H and O–H groups in total. The lowest BCUT2D eigenvalue weighted by molar-refractivity contribution is 0.211. The highest BCUT2D eigenvalue weighted by molar-refractivity contribution is 7.18. The summed E-state index contributed by atoms with van der Waals surface area (Å²) in [5, 5.41) is 1.40. The van der Waals surface area contributed by atoms with Crippen LogP contribution in [0.5, 0.6) is 0 Å². The molecule has 1 heterocycles. The second-order valence-electron chi connectivity index (χ2n) is 6.05. The van der Waals surface area contributed by atoms with Crippen molar-refractivity contribution >= 4 is 21.6 Å². The third kappa shape index (κ3) is 2.07. The third-order valence-corrected chi connectivity index (χ3v) is 5.54. The smallest absolute Gasteiger partial charge is 0.1000 e. The Balaban J connectivity index is 1.90. The molecule has 2 heteroatoms. The van der Waals surface area contributed by atoms with E-state index in [1.807, 2.05) is 11.3 Å². The van der Waals surface area contributed by atoms with Gasteiger partial charge in [-0.3, -0.25) is 0 Å². The zero-order valence-corrected chi connectivity index (χ0v) is 12.1. The fourth-order valence-corrected chi connectivity index (χ4v) is 4.08. The van der Waals surface area contributed by atoms with Crippen LogP contribution in [0.4, 0.5) is 0 Å². The fourth-order valence-electron chi connectivity index (χ4n) is 2.84. The van der Waals surface area contributed by atoms with Gasteiger partial charge < -0.3 is 0 Å². The Morgan fingerprint density at radius 2 is 2.06 bits per heavy atom. The summed E-state index contributed by atoms with van der Waals surface area (Å²) >= 11 is 1.92. The molecule has 0 amide bonds. The topological polar surface area (TPSA) is 12.9 Å². The molecule has 1 aliphatic carbocycles. The highest BCUT2D eigenvalue weighted by atomic mass is 32.1. The predicted octanol–water partition coefficient (Wildman–Crippen LogP) is 5.15. The van der Waals surface area contributed by atoms with Crippen LogP contribution < -0.4 is 0 Å². The molecule has 0 aliphatic heterocycles. The molecule has 1 nitrogen and oxygen atoms in total. The van der Waals surface area contributed by atoms with E-state index >= 15 is 0 Å². The quantitative estimate of drug-likeness (QED) is 0.739. The summed E-state index contributed by atoms with van der Waals surface area (Å²) in [7, 11) is 0. The molecule has 1 aromatic carbocycles. The molecule has 0 bridgehead atoms. The van der Waals surface area contributed by atoms with E-state index in [9.17, 15) is 0 Å². The molecule has 1 saturated carbocycles. The second-order valence-corrected chi connectivity index (χ2v) is 7.08. The number of benzene rings is 1. The molecule has 0 unspecified atom stereocenters. The van der Waals surface area contributed by atoms with Crippen molar-refractivity contribution in [1.82, 2.24) is 4.98 Å². The summed E-state index contributed by atoms with van der Waals surface area (Å²) in [6.07, 6.45) is 6.73. The first-order chi connectivity index (χ1) is 8.70. The van der Waals surface area contributed by atoms with Gasteiger partial charge in [0.25, 0.3) is 0 Å².